The van der Waals surface area contributed by atoms with E-state index in [1.165, 1.54) is 6.92 Å². The predicted molar refractivity (Wildman–Crippen MR) is 60.7 cm³/mol. The lowest BCUT2D eigenvalue weighted by atomic mass is 10.1. The van der Waals surface area contributed by atoms with Gasteiger partial charge in [0.25, 0.3) is 0 Å². The summed E-state index contributed by atoms with van der Waals surface area (Å²) in [5.74, 6) is -2.26. The molecule has 0 heterocycles. The Bertz CT molecular complexity index is 518. The van der Waals surface area contributed by atoms with E-state index in [-0.39, 0.29) is 22.8 Å². The summed E-state index contributed by atoms with van der Waals surface area (Å²) in [5, 5.41) is 9.58. The number of ether oxygens (including phenoxy) is 2. The lowest BCUT2D eigenvalue weighted by Gasteiger charge is -2.10. The second-order valence-corrected chi connectivity index (χ2v) is 3.56. The highest BCUT2D eigenvalue weighted by Gasteiger charge is 2.17. The molecule has 0 aliphatic carbocycles. The number of hydrogen-bond donors (Lipinski definition) is 1. The van der Waals surface area contributed by atoms with Crippen molar-refractivity contribution < 1.29 is 29.0 Å². The van der Waals surface area contributed by atoms with Gasteiger partial charge in [-0.15, -0.1) is 0 Å². The quantitative estimate of drug-likeness (QED) is 0.497. The maximum atomic E-state index is 11.2. The first-order valence-electron chi connectivity index (χ1n) is 5.06. The van der Waals surface area contributed by atoms with Crippen LogP contribution in [-0.4, -0.2) is 22.8 Å². The molecule has 1 aromatic rings. The molecule has 0 aliphatic rings. The zero-order valence-electron chi connectivity index (χ0n) is 10.1. The Morgan fingerprint density at radius 3 is 1.78 bits per heavy atom. The van der Waals surface area contributed by atoms with Crippen LogP contribution in [-0.2, 0) is 9.59 Å². The molecule has 0 spiro atoms. The number of Topliss-reactive ketones (excluding diaryl/α,β-unsaturated/α-hetero) is 1. The molecule has 1 rings (SSSR count). The van der Waals surface area contributed by atoms with Crippen molar-refractivity contribution in [1.29, 1.82) is 0 Å². The summed E-state index contributed by atoms with van der Waals surface area (Å²) in [7, 11) is 0. The summed E-state index contributed by atoms with van der Waals surface area (Å²) in [4.78, 5) is 33.0. The highest BCUT2D eigenvalue weighted by molar-refractivity contribution is 5.97. The molecule has 0 aliphatic heterocycles. The van der Waals surface area contributed by atoms with Gasteiger partial charge in [0.15, 0.2) is 17.3 Å². The Balaban J connectivity index is 3.31. The highest BCUT2D eigenvalue weighted by atomic mass is 16.6. The van der Waals surface area contributed by atoms with Gasteiger partial charge in [-0.1, -0.05) is 0 Å². The number of benzene rings is 1. The molecule has 0 atom stereocenters. The molecule has 0 bridgehead atoms. The van der Waals surface area contributed by atoms with E-state index in [9.17, 15) is 19.5 Å². The van der Waals surface area contributed by atoms with E-state index in [2.05, 4.69) is 0 Å². The summed E-state index contributed by atoms with van der Waals surface area (Å²) in [6.07, 6.45) is 0. The Labute approximate surface area is 103 Å². The number of esters is 2. The van der Waals surface area contributed by atoms with Gasteiger partial charge < -0.3 is 14.6 Å². The van der Waals surface area contributed by atoms with Gasteiger partial charge in [0.1, 0.15) is 5.75 Å². The number of aromatic hydroxyl groups is 1. The van der Waals surface area contributed by atoms with Crippen molar-refractivity contribution in [3.63, 3.8) is 0 Å². The molecular weight excluding hydrogens is 240 g/mol. The third-order valence-corrected chi connectivity index (χ3v) is 1.95. The number of carbonyl (C=O) groups is 3. The molecule has 0 saturated heterocycles. The van der Waals surface area contributed by atoms with E-state index in [1.54, 1.807) is 0 Å². The lowest BCUT2D eigenvalue weighted by molar-refractivity contribution is -0.134. The summed E-state index contributed by atoms with van der Waals surface area (Å²) in [5.41, 5.74) is -0.0258. The number of phenols is 1. The van der Waals surface area contributed by atoms with Crippen molar-refractivity contribution >= 4 is 17.7 Å². The third-order valence-electron chi connectivity index (χ3n) is 1.95. The average Bonchev–Trinajstić information content (AvgIpc) is 2.19. The van der Waals surface area contributed by atoms with Crippen LogP contribution in [0.25, 0.3) is 0 Å². The van der Waals surface area contributed by atoms with Crippen LogP contribution >= 0.6 is 0 Å². The van der Waals surface area contributed by atoms with Gasteiger partial charge in [0.05, 0.1) is 5.56 Å². The number of hydrogen-bond acceptors (Lipinski definition) is 6. The molecule has 96 valence electrons. The van der Waals surface area contributed by atoms with Crippen molar-refractivity contribution in [3.8, 4) is 17.2 Å². The molecular formula is C12H12O6. The van der Waals surface area contributed by atoms with Gasteiger partial charge in [0, 0.05) is 19.9 Å². The zero-order valence-corrected chi connectivity index (χ0v) is 10.1. The van der Waals surface area contributed by atoms with Gasteiger partial charge in [0.2, 0.25) is 0 Å². The van der Waals surface area contributed by atoms with Crippen LogP contribution < -0.4 is 9.47 Å². The second-order valence-electron chi connectivity index (χ2n) is 3.56. The fourth-order valence-corrected chi connectivity index (χ4v) is 1.30. The number of carbonyl (C=O) groups excluding carboxylic acids is 3. The Morgan fingerprint density at radius 1 is 0.944 bits per heavy atom. The number of phenolic OH excluding ortho intramolecular Hbond substituents is 1. The van der Waals surface area contributed by atoms with Crippen LogP contribution in [0.5, 0.6) is 17.2 Å². The Morgan fingerprint density at radius 2 is 1.39 bits per heavy atom. The normalized spacial score (nSPS) is 9.72. The molecule has 6 nitrogen and oxygen atoms in total. The van der Waals surface area contributed by atoms with Crippen molar-refractivity contribution in [3.05, 3.63) is 17.7 Å². The first-order chi connectivity index (χ1) is 8.31. The first-order valence-corrected chi connectivity index (χ1v) is 5.06. The number of ketones is 1. The van der Waals surface area contributed by atoms with Gasteiger partial charge >= 0.3 is 11.9 Å². The molecule has 0 fully saturated rings. The van der Waals surface area contributed by atoms with Crippen LogP contribution in [0.2, 0.25) is 0 Å². The maximum absolute atomic E-state index is 11.2. The van der Waals surface area contributed by atoms with E-state index in [0.717, 1.165) is 26.0 Å². The average molecular weight is 252 g/mol. The Hall–Kier alpha value is -2.37. The molecule has 18 heavy (non-hydrogen) atoms. The molecule has 0 amide bonds. The molecule has 0 radical (unpaired) electrons. The predicted octanol–water partition coefficient (Wildman–Crippen LogP) is 1.45. The minimum Gasteiger partial charge on any atom is -0.507 e. The molecule has 1 N–H and O–H groups in total. The smallest absolute Gasteiger partial charge is 0.308 e. The summed E-state index contributed by atoms with van der Waals surface area (Å²) in [6, 6.07) is 2.20. The van der Waals surface area contributed by atoms with Gasteiger partial charge in [-0.05, 0) is 13.0 Å². The highest BCUT2D eigenvalue weighted by Crippen LogP contribution is 2.34. The van der Waals surface area contributed by atoms with Crippen LogP contribution in [0.15, 0.2) is 12.1 Å². The van der Waals surface area contributed by atoms with Crippen LogP contribution in [0, 0.1) is 0 Å². The summed E-state index contributed by atoms with van der Waals surface area (Å²) in [6.45, 7) is 3.57. The van der Waals surface area contributed by atoms with Crippen LogP contribution in [0.4, 0.5) is 0 Å². The molecule has 0 unspecified atom stereocenters. The van der Waals surface area contributed by atoms with Gasteiger partial charge in [-0.2, -0.15) is 0 Å². The molecule has 0 aromatic heterocycles. The lowest BCUT2D eigenvalue weighted by Crippen LogP contribution is -2.08. The first kappa shape index (κ1) is 13.7. The van der Waals surface area contributed by atoms with Crippen molar-refractivity contribution in [2.75, 3.05) is 0 Å². The SMILES string of the molecule is CC(=O)Oc1cc(O)c(C(C)=O)cc1OC(C)=O. The van der Waals surface area contributed by atoms with E-state index >= 15 is 0 Å². The Kier molecular flexibility index (Phi) is 4.04. The molecule has 6 heteroatoms. The van der Waals surface area contributed by atoms with Gasteiger partial charge in [-0.3, -0.25) is 14.4 Å². The minimum atomic E-state index is -0.640. The van der Waals surface area contributed by atoms with Crippen LogP contribution in [0.3, 0.4) is 0 Å². The monoisotopic (exact) mass is 252 g/mol. The topological polar surface area (TPSA) is 89.9 Å². The van der Waals surface area contributed by atoms with Crippen molar-refractivity contribution in [2.24, 2.45) is 0 Å². The standard InChI is InChI=1S/C12H12O6/c1-6(13)9-4-11(17-7(2)14)12(5-10(9)16)18-8(3)15/h4-5,16H,1-3H3. The van der Waals surface area contributed by atoms with E-state index in [1.807, 2.05) is 0 Å². The zero-order chi connectivity index (χ0) is 13.9. The van der Waals surface area contributed by atoms with Crippen molar-refractivity contribution in [1.82, 2.24) is 0 Å². The largest absolute Gasteiger partial charge is 0.507 e. The maximum Gasteiger partial charge on any atom is 0.308 e. The summed E-state index contributed by atoms with van der Waals surface area (Å²) < 4.78 is 9.59. The van der Waals surface area contributed by atoms with E-state index in [4.69, 9.17) is 9.47 Å². The summed E-state index contributed by atoms with van der Waals surface area (Å²) >= 11 is 0. The van der Waals surface area contributed by atoms with E-state index in [0.29, 0.717) is 0 Å². The molecule has 0 saturated carbocycles. The van der Waals surface area contributed by atoms with E-state index < -0.39 is 17.7 Å². The van der Waals surface area contributed by atoms with Crippen molar-refractivity contribution in [2.45, 2.75) is 20.8 Å². The number of rotatable bonds is 3. The molecule has 1 aromatic carbocycles. The third kappa shape index (κ3) is 3.31. The minimum absolute atomic E-state index is 0.0258. The second kappa shape index (κ2) is 5.31. The van der Waals surface area contributed by atoms with Gasteiger partial charge in [-0.25, -0.2) is 0 Å². The fourth-order valence-electron chi connectivity index (χ4n) is 1.30. The fraction of sp³-hybridized carbons (Fsp3) is 0.250. The van der Waals surface area contributed by atoms with Crippen LogP contribution in [0.1, 0.15) is 31.1 Å².